The van der Waals surface area contributed by atoms with Crippen molar-refractivity contribution in [1.29, 1.82) is 0 Å². The highest BCUT2D eigenvalue weighted by Crippen LogP contribution is 2.33. The van der Waals surface area contributed by atoms with Gasteiger partial charge in [-0.1, -0.05) is 24.3 Å². The van der Waals surface area contributed by atoms with E-state index in [-0.39, 0.29) is 0 Å². The number of rotatable bonds is 7. The molecule has 0 spiro atoms. The second-order valence-electron chi connectivity index (χ2n) is 8.40. The number of nitrogens with zero attached hydrogens (tertiary/aromatic N) is 4. The van der Waals surface area contributed by atoms with Gasteiger partial charge in [0.05, 0.1) is 18.3 Å². The molecular formula is C25H30N4O3. The summed E-state index contributed by atoms with van der Waals surface area (Å²) in [6.45, 7) is 2.72. The molecule has 0 saturated carbocycles. The van der Waals surface area contributed by atoms with Gasteiger partial charge in [-0.05, 0) is 74.4 Å². The number of methoxy groups -OCH3 is 1. The highest BCUT2D eigenvalue weighted by Gasteiger charge is 2.22. The van der Waals surface area contributed by atoms with Crippen molar-refractivity contribution in [2.24, 2.45) is 0 Å². The number of aromatic nitrogens is 2. The number of benzene rings is 2. The Balaban J connectivity index is 1.73. The zero-order valence-corrected chi connectivity index (χ0v) is 18.9. The fraction of sp³-hybridized carbons (Fsp3) is 0.360. The van der Waals surface area contributed by atoms with Crippen LogP contribution in [-0.4, -0.2) is 71.6 Å². The van der Waals surface area contributed by atoms with Crippen LogP contribution >= 0.6 is 0 Å². The quantitative estimate of drug-likeness (QED) is 0.596. The summed E-state index contributed by atoms with van der Waals surface area (Å²) >= 11 is 0. The van der Waals surface area contributed by atoms with E-state index >= 15 is 0 Å². The third kappa shape index (κ3) is 4.62. The lowest BCUT2D eigenvalue weighted by molar-refractivity contribution is 0.150. The number of carboxylic acid groups (broad SMARTS) is 1. The zero-order chi connectivity index (χ0) is 22.7. The average Bonchev–Trinajstić information content (AvgIpc) is 3.16. The topological polar surface area (TPSA) is 70.8 Å². The number of carbonyl (C=O) groups is 1. The van der Waals surface area contributed by atoms with Crippen LogP contribution in [0.5, 0.6) is 5.75 Å². The Kier molecular flexibility index (Phi) is 6.46. The monoisotopic (exact) mass is 434 g/mol. The lowest BCUT2D eigenvalue weighted by Gasteiger charge is -2.24. The molecule has 1 aromatic heterocycles. The lowest BCUT2D eigenvalue weighted by atomic mass is 9.99. The molecule has 0 aliphatic carbocycles. The smallest absolute Gasteiger partial charge is 0.407 e. The van der Waals surface area contributed by atoms with E-state index < -0.39 is 6.09 Å². The first-order valence-corrected chi connectivity index (χ1v) is 10.9. The van der Waals surface area contributed by atoms with Crippen molar-refractivity contribution in [3.63, 3.8) is 0 Å². The van der Waals surface area contributed by atoms with Crippen molar-refractivity contribution in [2.45, 2.75) is 19.4 Å². The molecule has 0 fully saturated rings. The summed E-state index contributed by atoms with van der Waals surface area (Å²) in [6.07, 6.45) is 2.85. The van der Waals surface area contributed by atoms with Crippen molar-refractivity contribution in [3.05, 3.63) is 54.2 Å². The van der Waals surface area contributed by atoms with Crippen LogP contribution in [-0.2, 0) is 6.54 Å². The Morgan fingerprint density at radius 2 is 2.00 bits per heavy atom. The molecule has 32 heavy (non-hydrogen) atoms. The summed E-state index contributed by atoms with van der Waals surface area (Å²) in [6, 6.07) is 14.4. The highest BCUT2D eigenvalue weighted by atomic mass is 16.5. The molecule has 0 saturated heterocycles. The molecular weight excluding hydrogens is 404 g/mol. The van der Waals surface area contributed by atoms with Gasteiger partial charge >= 0.3 is 6.09 Å². The van der Waals surface area contributed by atoms with Crippen LogP contribution in [0.4, 0.5) is 4.79 Å². The molecule has 1 aliphatic heterocycles. The third-order valence-electron chi connectivity index (χ3n) is 5.90. The van der Waals surface area contributed by atoms with Crippen LogP contribution in [0, 0.1) is 0 Å². The molecule has 3 aromatic rings. The molecule has 0 atom stereocenters. The van der Waals surface area contributed by atoms with Gasteiger partial charge in [0.25, 0.3) is 0 Å². The fourth-order valence-electron chi connectivity index (χ4n) is 4.21. The first-order chi connectivity index (χ1) is 15.5. The minimum atomic E-state index is -0.868. The van der Waals surface area contributed by atoms with Gasteiger partial charge in [-0.3, -0.25) is 4.68 Å². The predicted molar refractivity (Wildman–Crippen MR) is 127 cm³/mol. The van der Waals surface area contributed by atoms with Crippen LogP contribution in [0.1, 0.15) is 18.5 Å². The van der Waals surface area contributed by atoms with Crippen LogP contribution in [0.25, 0.3) is 27.6 Å². The third-order valence-corrected chi connectivity index (χ3v) is 5.90. The van der Waals surface area contributed by atoms with Crippen LogP contribution < -0.4 is 4.74 Å². The Morgan fingerprint density at radius 3 is 2.69 bits per heavy atom. The molecule has 2 aromatic carbocycles. The van der Waals surface area contributed by atoms with E-state index in [9.17, 15) is 9.90 Å². The standard InChI is InChI=1S/C25H30N4O3/c1-27(2)12-5-13-29-24(18-10-14-28(15-11-18)25(30)31)22-9-8-20(17-23(22)26-29)19-6-4-7-21(16-19)32-3/h4,6-10,16-17H,5,11-15H2,1-3H3,(H,30,31). The number of fused-ring (bicyclic) bond motifs is 1. The van der Waals surface area contributed by atoms with Gasteiger partial charge in [-0.25, -0.2) is 4.79 Å². The summed E-state index contributed by atoms with van der Waals surface area (Å²) in [5, 5.41) is 15.4. The zero-order valence-electron chi connectivity index (χ0n) is 18.9. The van der Waals surface area contributed by atoms with Gasteiger partial charge in [0.1, 0.15) is 5.75 Å². The lowest BCUT2D eigenvalue weighted by Crippen LogP contribution is -2.33. The maximum atomic E-state index is 11.3. The average molecular weight is 435 g/mol. The number of hydrogen-bond acceptors (Lipinski definition) is 4. The molecule has 1 amide bonds. The first kappa shape index (κ1) is 21.9. The largest absolute Gasteiger partial charge is 0.497 e. The molecule has 7 heteroatoms. The highest BCUT2D eigenvalue weighted by molar-refractivity contribution is 5.93. The summed E-state index contributed by atoms with van der Waals surface area (Å²) in [5.74, 6) is 0.827. The number of amides is 1. The number of ether oxygens (including phenoxy) is 1. The maximum absolute atomic E-state index is 11.3. The van der Waals surface area contributed by atoms with E-state index in [1.165, 1.54) is 10.5 Å². The summed E-state index contributed by atoms with van der Waals surface area (Å²) < 4.78 is 7.48. The Labute approximate surface area is 188 Å². The minimum absolute atomic E-state index is 0.414. The van der Waals surface area contributed by atoms with E-state index in [1.54, 1.807) is 7.11 Å². The molecule has 0 bridgehead atoms. The van der Waals surface area contributed by atoms with E-state index in [1.807, 2.05) is 24.3 Å². The van der Waals surface area contributed by atoms with Crippen LogP contribution in [0.3, 0.4) is 0 Å². The molecule has 1 aliphatic rings. The molecule has 1 N–H and O–H groups in total. The summed E-state index contributed by atoms with van der Waals surface area (Å²) in [4.78, 5) is 14.9. The second kappa shape index (κ2) is 9.44. The Bertz CT molecular complexity index is 1150. The van der Waals surface area contributed by atoms with Crippen molar-refractivity contribution in [3.8, 4) is 16.9 Å². The summed E-state index contributed by atoms with van der Waals surface area (Å²) in [7, 11) is 5.82. The van der Waals surface area contributed by atoms with E-state index in [0.29, 0.717) is 19.5 Å². The van der Waals surface area contributed by atoms with Crippen LogP contribution in [0.15, 0.2) is 48.5 Å². The molecule has 4 rings (SSSR count). The van der Waals surface area contributed by atoms with E-state index in [2.05, 4.69) is 47.9 Å². The Hall–Kier alpha value is -3.32. The summed E-state index contributed by atoms with van der Waals surface area (Å²) in [5.41, 5.74) is 5.41. The fourth-order valence-corrected chi connectivity index (χ4v) is 4.21. The van der Waals surface area contributed by atoms with Gasteiger partial charge in [0.15, 0.2) is 0 Å². The van der Waals surface area contributed by atoms with Gasteiger partial charge in [0, 0.05) is 25.0 Å². The number of aryl methyl sites for hydroxylation is 1. The molecule has 0 radical (unpaired) electrons. The maximum Gasteiger partial charge on any atom is 0.407 e. The molecule has 0 unspecified atom stereocenters. The van der Waals surface area contributed by atoms with E-state index in [4.69, 9.17) is 9.84 Å². The molecule has 168 valence electrons. The van der Waals surface area contributed by atoms with E-state index in [0.717, 1.165) is 53.0 Å². The van der Waals surface area contributed by atoms with Gasteiger partial charge in [0.2, 0.25) is 0 Å². The SMILES string of the molecule is COc1cccc(-c2ccc3c(C4=CCN(C(=O)O)CC4)n(CCCN(C)C)nc3c2)c1. The van der Waals surface area contributed by atoms with Crippen molar-refractivity contribution in [2.75, 3.05) is 40.8 Å². The molecule has 2 heterocycles. The van der Waals surface area contributed by atoms with Crippen molar-refractivity contribution in [1.82, 2.24) is 19.6 Å². The van der Waals surface area contributed by atoms with Crippen molar-refractivity contribution >= 4 is 22.6 Å². The van der Waals surface area contributed by atoms with Crippen LogP contribution in [0.2, 0.25) is 0 Å². The van der Waals surface area contributed by atoms with Gasteiger partial charge in [-0.15, -0.1) is 0 Å². The first-order valence-electron chi connectivity index (χ1n) is 10.9. The minimum Gasteiger partial charge on any atom is -0.497 e. The predicted octanol–water partition coefficient (Wildman–Crippen LogP) is 4.43. The van der Waals surface area contributed by atoms with Crippen molar-refractivity contribution < 1.29 is 14.6 Å². The van der Waals surface area contributed by atoms with Gasteiger partial charge < -0.3 is 19.6 Å². The second-order valence-corrected chi connectivity index (χ2v) is 8.40. The van der Waals surface area contributed by atoms with Gasteiger partial charge in [-0.2, -0.15) is 5.10 Å². The number of hydrogen-bond donors (Lipinski definition) is 1. The Morgan fingerprint density at radius 1 is 1.19 bits per heavy atom. The molecule has 7 nitrogen and oxygen atoms in total. The normalized spacial score (nSPS) is 14.1.